The number of carbonyl (C=O) groups is 2. The van der Waals surface area contributed by atoms with E-state index in [9.17, 15) is 9.59 Å². The molecule has 0 aliphatic carbocycles. The normalized spacial score (nSPS) is 10.4. The van der Waals surface area contributed by atoms with Crippen molar-refractivity contribution < 1.29 is 9.59 Å². The number of rotatable bonds is 6. The van der Waals surface area contributed by atoms with Gasteiger partial charge in [0, 0.05) is 24.2 Å². The first-order valence-electron chi connectivity index (χ1n) is 8.24. The van der Waals surface area contributed by atoms with Crippen LogP contribution in [0.1, 0.15) is 23.6 Å². The molecule has 0 unspecified atom stereocenters. The van der Waals surface area contributed by atoms with Gasteiger partial charge in [-0.2, -0.15) is 0 Å². The van der Waals surface area contributed by atoms with Gasteiger partial charge in [-0.05, 0) is 55.2 Å². The average molecular weight is 359 g/mol. The summed E-state index contributed by atoms with van der Waals surface area (Å²) in [5.74, 6) is -0.336. The van der Waals surface area contributed by atoms with E-state index in [-0.39, 0.29) is 18.4 Å². The number of carbonyl (C=O) groups excluding carboxylic acids is 2. The second kappa shape index (κ2) is 8.67. The Bertz CT molecular complexity index is 774. The summed E-state index contributed by atoms with van der Waals surface area (Å²) in [5, 5.41) is 3.55. The molecule has 0 aliphatic heterocycles. The Morgan fingerprint density at radius 2 is 1.84 bits per heavy atom. The monoisotopic (exact) mass is 358 g/mol. The summed E-state index contributed by atoms with van der Waals surface area (Å²) >= 11 is 5.95. The molecule has 25 heavy (non-hydrogen) atoms. The van der Waals surface area contributed by atoms with Crippen LogP contribution < -0.4 is 10.2 Å². The summed E-state index contributed by atoms with van der Waals surface area (Å²) in [6.45, 7) is 5.92. The molecule has 2 rings (SSSR count). The highest BCUT2D eigenvalue weighted by atomic mass is 35.5. The molecule has 2 aromatic carbocycles. The van der Waals surface area contributed by atoms with Gasteiger partial charge in [-0.1, -0.05) is 35.9 Å². The number of nitrogens with one attached hydrogen (secondary N) is 1. The van der Waals surface area contributed by atoms with E-state index in [0.717, 1.165) is 22.4 Å². The summed E-state index contributed by atoms with van der Waals surface area (Å²) in [7, 11) is 0. The third-order valence-electron chi connectivity index (χ3n) is 4.17. The van der Waals surface area contributed by atoms with Crippen molar-refractivity contribution in [2.45, 2.75) is 27.2 Å². The maximum atomic E-state index is 12.3. The molecule has 2 aromatic rings. The van der Waals surface area contributed by atoms with E-state index in [1.807, 2.05) is 56.3 Å². The molecule has 0 saturated heterocycles. The zero-order chi connectivity index (χ0) is 18.4. The van der Waals surface area contributed by atoms with E-state index in [1.165, 1.54) is 11.8 Å². The summed E-state index contributed by atoms with van der Waals surface area (Å²) in [4.78, 5) is 25.8. The predicted octanol–water partition coefficient (Wildman–Crippen LogP) is 3.67. The number of halogens is 1. The van der Waals surface area contributed by atoms with Crippen LogP contribution in [-0.4, -0.2) is 24.9 Å². The number of anilines is 1. The molecule has 1 N–H and O–H groups in total. The molecule has 5 heteroatoms. The van der Waals surface area contributed by atoms with E-state index < -0.39 is 0 Å². The Balaban J connectivity index is 1.96. The summed E-state index contributed by atoms with van der Waals surface area (Å²) in [6, 6.07) is 13.3. The lowest BCUT2D eigenvalue weighted by Gasteiger charge is -2.23. The van der Waals surface area contributed by atoms with Gasteiger partial charge in [0.2, 0.25) is 11.8 Å². The molecule has 0 radical (unpaired) electrons. The highest BCUT2D eigenvalue weighted by molar-refractivity contribution is 6.30. The minimum Gasteiger partial charge on any atom is -0.354 e. The van der Waals surface area contributed by atoms with Crippen LogP contribution in [0.2, 0.25) is 5.02 Å². The van der Waals surface area contributed by atoms with E-state index in [1.54, 1.807) is 0 Å². The van der Waals surface area contributed by atoms with Gasteiger partial charge >= 0.3 is 0 Å². The smallest absolute Gasteiger partial charge is 0.240 e. The molecule has 0 aliphatic rings. The van der Waals surface area contributed by atoms with Crippen LogP contribution in [0.4, 0.5) is 5.69 Å². The maximum Gasteiger partial charge on any atom is 0.240 e. The molecule has 0 spiro atoms. The fourth-order valence-corrected chi connectivity index (χ4v) is 2.85. The number of hydrogen-bond acceptors (Lipinski definition) is 2. The molecule has 0 atom stereocenters. The van der Waals surface area contributed by atoms with E-state index >= 15 is 0 Å². The topological polar surface area (TPSA) is 49.4 Å². The lowest BCUT2D eigenvalue weighted by molar-refractivity contribution is -0.123. The van der Waals surface area contributed by atoms with Gasteiger partial charge in [0.15, 0.2) is 0 Å². The number of amides is 2. The standard InChI is InChI=1S/C20H23ClN2O2/c1-14-6-4-9-19(15(14)2)23(16(3)24)13-20(25)22-11-10-17-7-5-8-18(21)12-17/h4-9,12H,10-11,13H2,1-3H3,(H,22,25). The molecule has 0 heterocycles. The number of nitrogens with zero attached hydrogens (tertiary/aromatic N) is 1. The largest absolute Gasteiger partial charge is 0.354 e. The lowest BCUT2D eigenvalue weighted by atomic mass is 10.1. The van der Waals surface area contributed by atoms with Gasteiger partial charge in [-0.3, -0.25) is 9.59 Å². The van der Waals surface area contributed by atoms with Crippen LogP contribution in [0.25, 0.3) is 0 Å². The highest BCUT2D eigenvalue weighted by Crippen LogP contribution is 2.22. The molecular weight excluding hydrogens is 336 g/mol. The zero-order valence-electron chi connectivity index (χ0n) is 14.8. The van der Waals surface area contributed by atoms with E-state index in [2.05, 4.69) is 5.32 Å². The van der Waals surface area contributed by atoms with Crippen LogP contribution in [0.5, 0.6) is 0 Å². The fourth-order valence-electron chi connectivity index (χ4n) is 2.63. The van der Waals surface area contributed by atoms with Crippen molar-refractivity contribution in [3.05, 3.63) is 64.2 Å². The van der Waals surface area contributed by atoms with Crippen molar-refractivity contribution >= 4 is 29.1 Å². The van der Waals surface area contributed by atoms with Crippen LogP contribution >= 0.6 is 11.6 Å². The van der Waals surface area contributed by atoms with Gasteiger partial charge in [0.05, 0.1) is 0 Å². The zero-order valence-corrected chi connectivity index (χ0v) is 15.6. The maximum absolute atomic E-state index is 12.3. The second-order valence-corrected chi connectivity index (χ2v) is 6.49. The first-order valence-corrected chi connectivity index (χ1v) is 8.61. The third kappa shape index (κ3) is 5.33. The molecular formula is C20H23ClN2O2. The van der Waals surface area contributed by atoms with Crippen LogP contribution in [0.3, 0.4) is 0 Å². The van der Waals surface area contributed by atoms with Crippen molar-refractivity contribution in [2.24, 2.45) is 0 Å². The molecule has 0 bridgehead atoms. The van der Waals surface area contributed by atoms with Crippen molar-refractivity contribution in [1.82, 2.24) is 5.32 Å². The number of hydrogen-bond donors (Lipinski definition) is 1. The molecule has 0 saturated carbocycles. The average Bonchev–Trinajstić information content (AvgIpc) is 2.55. The van der Waals surface area contributed by atoms with Crippen molar-refractivity contribution in [1.29, 1.82) is 0 Å². The SMILES string of the molecule is CC(=O)N(CC(=O)NCCc1cccc(Cl)c1)c1cccc(C)c1C. The first kappa shape index (κ1) is 19.0. The molecule has 0 fully saturated rings. The Labute approximate surface area is 153 Å². The Morgan fingerprint density at radius 1 is 1.12 bits per heavy atom. The number of benzene rings is 2. The van der Waals surface area contributed by atoms with Crippen molar-refractivity contribution in [3.63, 3.8) is 0 Å². The Hall–Kier alpha value is -2.33. The second-order valence-electron chi connectivity index (χ2n) is 6.05. The highest BCUT2D eigenvalue weighted by Gasteiger charge is 2.17. The quantitative estimate of drug-likeness (QED) is 0.856. The Morgan fingerprint density at radius 3 is 2.52 bits per heavy atom. The van der Waals surface area contributed by atoms with E-state index in [0.29, 0.717) is 18.0 Å². The number of aryl methyl sites for hydroxylation is 1. The van der Waals surface area contributed by atoms with E-state index in [4.69, 9.17) is 11.6 Å². The lowest BCUT2D eigenvalue weighted by Crippen LogP contribution is -2.40. The first-order chi connectivity index (χ1) is 11.9. The van der Waals surface area contributed by atoms with Gasteiger partial charge in [-0.25, -0.2) is 0 Å². The predicted molar refractivity (Wildman–Crippen MR) is 102 cm³/mol. The summed E-state index contributed by atoms with van der Waals surface area (Å²) < 4.78 is 0. The van der Waals surface area contributed by atoms with Crippen molar-refractivity contribution in [3.8, 4) is 0 Å². The summed E-state index contributed by atoms with van der Waals surface area (Å²) in [6.07, 6.45) is 0.690. The summed E-state index contributed by atoms with van der Waals surface area (Å²) in [5.41, 5.74) is 3.93. The van der Waals surface area contributed by atoms with Crippen molar-refractivity contribution in [2.75, 3.05) is 18.0 Å². The molecule has 2 amide bonds. The van der Waals surface area contributed by atoms with Gasteiger partial charge < -0.3 is 10.2 Å². The molecule has 0 aromatic heterocycles. The fraction of sp³-hybridized carbons (Fsp3) is 0.300. The van der Waals surface area contributed by atoms with Gasteiger partial charge in [-0.15, -0.1) is 0 Å². The minimum atomic E-state index is -0.182. The van der Waals surface area contributed by atoms with Crippen LogP contribution in [0.15, 0.2) is 42.5 Å². The Kier molecular flexibility index (Phi) is 6.59. The van der Waals surface area contributed by atoms with Crippen LogP contribution in [-0.2, 0) is 16.0 Å². The minimum absolute atomic E-state index is 0.00910. The third-order valence-corrected chi connectivity index (χ3v) is 4.41. The molecule has 4 nitrogen and oxygen atoms in total. The molecule has 132 valence electrons. The van der Waals surface area contributed by atoms with Gasteiger partial charge in [0.25, 0.3) is 0 Å². The van der Waals surface area contributed by atoms with Gasteiger partial charge in [0.1, 0.15) is 6.54 Å². The van der Waals surface area contributed by atoms with Crippen LogP contribution in [0, 0.1) is 13.8 Å².